The number of nitrogens with two attached hydrogens (primary N) is 1. The van der Waals surface area contributed by atoms with Gasteiger partial charge in [0.25, 0.3) is 0 Å². The molecular weight excluding hydrogens is 258 g/mol. The van der Waals surface area contributed by atoms with Crippen molar-refractivity contribution in [2.45, 2.75) is 38.1 Å². The molecule has 3 heteroatoms. The van der Waals surface area contributed by atoms with Crippen LogP contribution in [0.5, 0.6) is 0 Å². The van der Waals surface area contributed by atoms with Crippen LogP contribution in [0, 0.1) is 5.92 Å². The van der Waals surface area contributed by atoms with Gasteiger partial charge in [0.05, 0.1) is 3.79 Å². The summed E-state index contributed by atoms with van der Waals surface area (Å²) in [5.74, 6) is 0.670. The Morgan fingerprint density at radius 3 is 2.93 bits per heavy atom. The maximum Gasteiger partial charge on any atom is 0.0701 e. The zero-order valence-electron chi connectivity index (χ0n) is 8.42. The van der Waals surface area contributed by atoms with Crippen molar-refractivity contribution in [3.05, 3.63) is 20.8 Å². The first kappa shape index (κ1) is 10.7. The first-order valence-electron chi connectivity index (χ1n) is 5.13. The number of halogens is 1. The molecule has 0 aromatic carbocycles. The fraction of sp³-hybridized carbons (Fsp3) is 0.636. The highest BCUT2D eigenvalue weighted by Gasteiger charge is 2.36. The van der Waals surface area contributed by atoms with Gasteiger partial charge in [-0.2, -0.15) is 0 Å². The van der Waals surface area contributed by atoms with Gasteiger partial charge in [0.1, 0.15) is 0 Å². The largest absolute Gasteiger partial charge is 0.325 e. The Kier molecular flexibility index (Phi) is 3.01. The lowest BCUT2D eigenvalue weighted by atomic mass is 9.86. The number of hydrogen-bond donors (Lipinski definition) is 1. The standard InChI is InChI=1S/C11H16BrNS/c1-8-3-2-6-11(8,13)7-9-4-5-10(12)14-9/h4-5,8H,2-3,6-7,13H2,1H3. The van der Waals surface area contributed by atoms with Crippen molar-refractivity contribution in [3.8, 4) is 0 Å². The molecule has 1 aliphatic rings. The van der Waals surface area contributed by atoms with Gasteiger partial charge in [-0.3, -0.25) is 0 Å². The van der Waals surface area contributed by atoms with Gasteiger partial charge >= 0.3 is 0 Å². The van der Waals surface area contributed by atoms with Crippen molar-refractivity contribution >= 4 is 27.3 Å². The van der Waals surface area contributed by atoms with E-state index in [-0.39, 0.29) is 5.54 Å². The van der Waals surface area contributed by atoms with Gasteiger partial charge in [0, 0.05) is 16.8 Å². The second-order valence-electron chi connectivity index (χ2n) is 4.41. The summed E-state index contributed by atoms with van der Waals surface area (Å²) in [4.78, 5) is 1.41. The van der Waals surface area contributed by atoms with Crippen LogP contribution < -0.4 is 5.73 Å². The molecule has 0 spiro atoms. The summed E-state index contributed by atoms with van der Waals surface area (Å²) in [5.41, 5.74) is 6.50. The monoisotopic (exact) mass is 273 g/mol. The Morgan fingerprint density at radius 2 is 2.43 bits per heavy atom. The molecule has 1 saturated carbocycles. The lowest BCUT2D eigenvalue weighted by Gasteiger charge is -2.28. The second kappa shape index (κ2) is 3.95. The Morgan fingerprint density at radius 1 is 1.64 bits per heavy atom. The highest BCUT2D eigenvalue weighted by atomic mass is 79.9. The molecule has 78 valence electrons. The minimum atomic E-state index is 0.0598. The van der Waals surface area contributed by atoms with Gasteiger partial charge in [0.15, 0.2) is 0 Å². The lowest BCUT2D eigenvalue weighted by molar-refractivity contribution is 0.338. The molecule has 1 nitrogen and oxygen atoms in total. The van der Waals surface area contributed by atoms with Crippen LogP contribution in [0.25, 0.3) is 0 Å². The van der Waals surface area contributed by atoms with Crippen LogP contribution in [0.15, 0.2) is 15.9 Å². The summed E-state index contributed by atoms with van der Waals surface area (Å²) in [6.45, 7) is 2.29. The van der Waals surface area contributed by atoms with Crippen LogP contribution in [0.4, 0.5) is 0 Å². The van der Waals surface area contributed by atoms with Gasteiger partial charge in [-0.05, 0) is 46.8 Å². The summed E-state index contributed by atoms with van der Waals surface area (Å²) in [6.07, 6.45) is 4.82. The van der Waals surface area contributed by atoms with Gasteiger partial charge in [-0.15, -0.1) is 11.3 Å². The van der Waals surface area contributed by atoms with Crippen molar-refractivity contribution < 1.29 is 0 Å². The first-order chi connectivity index (χ1) is 6.60. The van der Waals surface area contributed by atoms with Crippen LogP contribution >= 0.6 is 27.3 Å². The van der Waals surface area contributed by atoms with Crippen LogP contribution in [0.3, 0.4) is 0 Å². The first-order valence-corrected chi connectivity index (χ1v) is 6.74. The Hall–Kier alpha value is 0.140. The molecule has 0 bridgehead atoms. The van der Waals surface area contributed by atoms with Crippen LogP contribution in [0.1, 0.15) is 31.1 Å². The van der Waals surface area contributed by atoms with E-state index in [0.29, 0.717) is 5.92 Å². The second-order valence-corrected chi connectivity index (χ2v) is 6.96. The quantitative estimate of drug-likeness (QED) is 0.876. The van der Waals surface area contributed by atoms with Crippen molar-refractivity contribution in [1.82, 2.24) is 0 Å². The van der Waals surface area contributed by atoms with E-state index in [2.05, 4.69) is 35.0 Å². The highest BCUT2D eigenvalue weighted by molar-refractivity contribution is 9.11. The minimum Gasteiger partial charge on any atom is -0.325 e. The van der Waals surface area contributed by atoms with Gasteiger partial charge in [-0.25, -0.2) is 0 Å². The molecule has 1 aromatic heterocycles. The third-order valence-electron chi connectivity index (χ3n) is 3.39. The molecule has 1 aromatic rings. The fourth-order valence-electron chi connectivity index (χ4n) is 2.30. The lowest BCUT2D eigenvalue weighted by Crippen LogP contribution is -2.44. The van der Waals surface area contributed by atoms with Gasteiger partial charge in [-0.1, -0.05) is 13.3 Å². The average molecular weight is 274 g/mol. The normalized spacial score (nSPS) is 32.4. The molecule has 1 heterocycles. The third-order valence-corrected chi connectivity index (χ3v) is 5.02. The van der Waals surface area contributed by atoms with E-state index in [9.17, 15) is 0 Å². The number of hydrogen-bond acceptors (Lipinski definition) is 2. The fourth-order valence-corrected chi connectivity index (χ4v) is 3.92. The van der Waals surface area contributed by atoms with Crippen LogP contribution in [-0.2, 0) is 6.42 Å². The zero-order valence-corrected chi connectivity index (χ0v) is 10.8. The van der Waals surface area contributed by atoms with E-state index in [1.54, 1.807) is 0 Å². The predicted molar refractivity (Wildman–Crippen MR) is 65.7 cm³/mol. The highest BCUT2D eigenvalue weighted by Crippen LogP contribution is 2.37. The van der Waals surface area contributed by atoms with Gasteiger partial charge < -0.3 is 5.73 Å². The van der Waals surface area contributed by atoms with Crippen LogP contribution in [-0.4, -0.2) is 5.54 Å². The van der Waals surface area contributed by atoms with Crippen molar-refractivity contribution in [2.24, 2.45) is 11.7 Å². The Labute approximate surface area is 97.8 Å². The minimum absolute atomic E-state index is 0.0598. The molecule has 2 unspecified atom stereocenters. The molecule has 1 fully saturated rings. The Bertz CT molecular complexity index is 323. The smallest absolute Gasteiger partial charge is 0.0701 e. The van der Waals surface area contributed by atoms with Crippen molar-refractivity contribution in [1.29, 1.82) is 0 Å². The predicted octanol–water partition coefficient (Wildman–Crippen LogP) is 3.57. The molecule has 0 radical (unpaired) electrons. The maximum atomic E-state index is 6.44. The number of rotatable bonds is 2. The Balaban J connectivity index is 2.10. The van der Waals surface area contributed by atoms with Crippen molar-refractivity contribution in [2.75, 3.05) is 0 Å². The van der Waals surface area contributed by atoms with E-state index in [0.717, 1.165) is 6.42 Å². The summed E-state index contributed by atoms with van der Waals surface area (Å²) in [6, 6.07) is 4.30. The molecule has 1 aliphatic carbocycles. The maximum absolute atomic E-state index is 6.44. The van der Waals surface area contributed by atoms with Gasteiger partial charge in [0.2, 0.25) is 0 Å². The molecule has 0 saturated heterocycles. The SMILES string of the molecule is CC1CCCC1(N)Cc1ccc(Br)s1. The number of thiophene rings is 1. The molecule has 14 heavy (non-hydrogen) atoms. The molecule has 0 aliphatic heterocycles. The molecule has 0 amide bonds. The zero-order chi connectivity index (χ0) is 10.2. The molecular formula is C11H16BrNS. The molecule has 2 rings (SSSR count). The van der Waals surface area contributed by atoms with Crippen LogP contribution in [0.2, 0.25) is 0 Å². The van der Waals surface area contributed by atoms with E-state index in [1.807, 2.05) is 11.3 Å². The molecule has 2 N–H and O–H groups in total. The van der Waals surface area contributed by atoms with E-state index < -0.39 is 0 Å². The summed E-state index contributed by atoms with van der Waals surface area (Å²) < 4.78 is 1.21. The van der Waals surface area contributed by atoms with E-state index in [4.69, 9.17) is 5.73 Å². The summed E-state index contributed by atoms with van der Waals surface area (Å²) >= 11 is 5.30. The van der Waals surface area contributed by atoms with E-state index >= 15 is 0 Å². The molecule has 2 atom stereocenters. The topological polar surface area (TPSA) is 26.0 Å². The third kappa shape index (κ3) is 2.05. The summed E-state index contributed by atoms with van der Waals surface area (Å²) in [7, 11) is 0. The average Bonchev–Trinajstić information content (AvgIpc) is 2.62. The summed E-state index contributed by atoms with van der Waals surface area (Å²) in [5, 5.41) is 0. The van der Waals surface area contributed by atoms with Crippen molar-refractivity contribution in [3.63, 3.8) is 0 Å². The van der Waals surface area contributed by atoms with E-state index in [1.165, 1.54) is 27.9 Å².